The summed E-state index contributed by atoms with van der Waals surface area (Å²) in [6, 6.07) is 9.80. The van der Waals surface area contributed by atoms with Crippen LogP contribution in [0.3, 0.4) is 0 Å². The molecular weight excluding hydrogens is 260 g/mol. The monoisotopic (exact) mass is 286 g/mol. The van der Waals surface area contributed by atoms with Crippen molar-refractivity contribution in [3.8, 4) is 0 Å². The van der Waals surface area contributed by atoms with E-state index in [-0.39, 0.29) is 5.41 Å². The van der Waals surface area contributed by atoms with E-state index < -0.39 is 8.07 Å². The molecule has 2 heteroatoms. The molecule has 0 spiro atoms. The van der Waals surface area contributed by atoms with Crippen molar-refractivity contribution in [3.63, 3.8) is 0 Å². The van der Waals surface area contributed by atoms with Crippen molar-refractivity contribution in [3.05, 3.63) is 47.7 Å². The lowest BCUT2D eigenvalue weighted by atomic mass is 9.69. The molecule has 1 nitrogen and oxygen atoms in total. The molecule has 20 heavy (non-hydrogen) atoms. The van der Waals surface area contributed by atoms with Gasteiger partial charge in [0.1, 0.15) is 0 Å². The first-order chi connectivity index (χ1) is 9.38. The molecule has 1 saturated carbocycles. The number of benzene rings is 1. The van der Waals surface area contributed by atoms with Gasteiger partial charge < -0.3 is 0 Å². The highest BCUT2D eigenvalue weighted by Crippen LogP contribution is 2.47. The van der Waals surface area contributed by atoms with E-state index in [1.54, 1.807) is 0 Å². The van der Waals surface area contributed by atoms with E-state index in [4.69, 9.17) is 0 Å². The highest BCUT2D eigenvalue weighted by Gasteiger charge is 2.45. The number of ketones is 1. The van der Waals surface area contributed by atoms with Crippen LogP contribution in [0, 0.1) is 5.41 Å². The molecule has 1 fully saturated rings. The molecule has 1 aliphatic rings. The Morgan fingerprint density at radius 1 is 1.05 bits per heavy atom. The molecule has 2 rings (SSSR count). The molecule has 0 N–H and O–H groups in total. The standard InChI is InChI=1S/C18H26OSi/c1-15(20(2,3)4)18(13-9-6-10-14-18)17(19)16-11-7-5-8-12-16/h5,7-8,11-12H,1,6,9-10,13-14H2,2-4H3. The Balaban J connectivity index is 2.42. The Morgan fingerprint density at radius 3 is 2.10 bits per heavy atom. The van der Waals surface area contributed by atoms with Gasteiger partial charge in [-0.2, -0.15) is 0 Å². The van der Waals surface area contributed by atoms with E-state index in [9.17, 15) is 4.79 Å². The van der Waals surface area contributed by atoms with Crippen LogP contribution in [0.15, 0.2) is 42.1 Å². The molecule has 0 atom stereocenters. The minimum absolute atomic E-state index is 0.288. The average Bonchev–Trinajstić information content (AvgIpc) is 2.46. The Morgan fingerprint density at radius 2 is 1.60 bits per heavy atom. The minimum atomic E-state index is -1.53. The predicted octanol–water partition coefficient (Wildman–Crippen LogP) is 5.25. The average molecular weight is 286 g/mol. The van der Waals surface area contributed by atoms with Gasteiger partial charge >= 0.3 is 0 Å². The van der Waals surface area contributed by atoms with Crippen molar-refractivity contribution < 1.29 is 4.79 Å². The number of carbonyl (C=O) groups excluding carboxylic acids is 1. The predicted molar refractivity (Wildman–Crippen MR) is 88.8 cm³/mol. The summed E-state index contributed by atoms with van der Waals surface area (Å²) >= 11 is 0. The highest BCUT2D eigenvalue weighted by molar-refractivity contribution is 6.83. The molecule has 1 aromatic carbocycles. The highest BCUT2D eigenvalue weighted by atomic mass is 28.3. The zero-order chi connectivity index (χ0) is 14.8. The van der Waals surface area contributed by atoms with E-state index in [1.165, 1.54) is 11.6 Å². The van der Waals surface area contributed by atoms with Gasteiger partial charge in [0.05, 0.1) is 13.5 Å². The Hall–Kier alpha value is -1.15. The summed E-state index contributed by atoms with van der Waals surface area (Å²) in [6.45, 7) is 11.3. The Labute approximate surface area is 124 Å². The van der Waals surface area contributed by atoms with Crippen LogP contribution in [0.2, 0.25) is 19.6 Å². The first-order valence-corrected chi connectivity index (χ1v) is 11.2. The van der Waals surface area contributed by atoms with E-state index in [0.29, 0.717) is 5.78 Å². The number of allylic oxidation sites excluding steroid dienone is 1. The molecular formula is C18H26OSi. The molecule has 0 aliphatic heterocycles. The summed E-state index contributed by atoms with van der Waals surface area (Å²) in [5.74, 6) is 0.310. The van der Waals surface area contributed by atoms with Crippen molar-refractivity contribution in [2.45, 2.75) is 51.7 Å². The van der Waals surface area contributed by atoms with Crippen molar-refractivity contribution in [1.29, 1.82) is 0 Å². The van der Waals surface area contributed by atoms with Gasteiger partial charge in [0.25, 0.3) is 0 Å². The summed E-state index contributed by atoms with van der Waals surface area (Å²) in [5, 5.41) is 1.25. The van der Waals surface area contributed by atoms with Gasteiger partial charge in [-0.15, -0.1) is 6.58 Å². The first-order valence-electron chi connectivity index (χ1n) is 7.68. The third-order valence-electron chi connectivity index (χ3n) is 4.66. The lowest BCUT2D eigenvalue weighted by Gasteiger charge is -2.42. The topological polar surface area (TPSA) is 17.1 Å². The fraction of sp³-hybridized carbons (Fsp3) is 0.500. The molecule has 0 aromatic heterocycles. The number of hydrogen-bond donors (Lipinski definition) is 0. The quantitative estimate of drug-likeness (QED) is 0.545. The maximum absolute atomic E-state index is 13.2. The van der Waals surface area contributed by atoms with E-state index in [1.807, 2.05) is 30.3 Å². The molecule has 0 heterocycles. The molecule has 0 bridgehead atoms. The van der Waals surface area contributed by atoms with Gasteiger partial charge in [0.2, 0.25) is 0 Å². The lowest BCUT2D eigenvalue weighted by Crippen LogP contribution is -2.43. The molecule has 108 valence electrons. The number of rotatable bonds is 4. The maximum atomic E-state index is 13.2. The van der Waals surface area contributed by atoms with Gasteiger partial charge in [-0.1, -0.05) is 74.4 Å². The summed E-state index contributed by atoms with van der Waals surface area (Å²) in [6.07, 6.45) is 5.54. The van der Waals surface area contributed by atoms with Crippen molar-refractivity contribution >= 4 is 13.9 Å². The summed E-state index contributed by atoms with van der Waals surface area (Å²) in [5.41, 5.74) is 0.568. The zero-order valence-corrected chi connectivity index (χ0v) is 14.0. The van der Waals surface area contributed by atoms with Gasteiger partial charge in [0.15, 0.2) is 5.78 Å². The fourth-order valence-corrected chi connectivity index (χ4v) is 5.20. The van der Waals surface area contributed by atoms with Crippen LogP contribution >= 0.6 is 0 Å². The van der Waals surface area contributed by atoms with Crippen LogP contribution in [0.4, 0.5) is 0 Å². The van der Waals surface area contributed by atoms with Gasteiger partial charge in [-0.05, 0) is 12.8 Å². The van der Waals surface area contributed by atoms with Crippen LogP contribution in [-0.2, 0) is 0 Å². The van der Waals surface area contributed by atoms with Crippen molar-refractivity contribution in [2.75, 3.05) is 0 Å². The second-order valence-electron chi connectivity index (χ2n) is 7.07. The Kier molecular flexibility index (Phi) is 4.33. The zero-order valence-electron chi connectivity index (χ0n) is 13.0. The summed E-state index contributed by atoms with van der Waals surface area (Å²) in [4.78, 5) is 13.2. The molecule has 0 radical (unpaired) electrons. The molecule has 0 saturated heterocycles. The van der Waals surface area contributed by atoms with Gasteiger partial charge in [-0.25, -0.2) is 0 Å². The van der Waals surface area contributed by atoms with E-state index in [0.717, 1.165) is 31.2 Å². The normalized spacial score (nSPS) is 18.6. The fourth-order valence-electron chi connectivity index (χ4n) is 3.40. The molecule has 0 amide bonds. The summed E-state index contributed by atoms with van der Waals surface area (Å²) < 4.78 is 0. The van der Waals surface area contributed by atoms with E-state index in [2.05, 4.69) is 26.2 Å². The number of Topliss-reactive ketones (excluding diaryl/α,β-unsaturated/α-hetero) is 1. The second kappa shape index (κ2) is 5.69. The minimum Gasteiger partial charge on any atom is -0.293 e. The van der Waals surface area contributed by atoms with Crippen molar-refractivity contribution in [2.24, 2.45) is 5.41 Å². The largest absolute Gasteiger partial charge is 0.293 e. The Bertz CT molecular complexity index is 490. The summed E-state index contributed by atoms with van der Waals surface area (Å²) in [7, 11) is -1.53. The SMILES string of the molecule is C=C(C1(C(=O)c2ccccc2)CCCCC1)[Si](C)(C)C. The number of hydrogen-bond acceptors (Lipinski definition) is 1. The second-order valence-corrected chi connectivity index (χ2v) is 12.2. The lowest BCUT2D eigenvalue weighted by molar-refractivity contribution is 0.0790. The third kappa shape index (κ3) is 2.80. The number of carbonyl (C=O) groups is 1. The smallest absolute Gasteiger partial charge is 0.172 e. The molecule has 1 aromatic rings. The van der Waals surface area contributed by atoms with Crippen LogP contribution in [0.1, 0.15) is 42.5 Å². The molecule has 1 aliphatic carbocycles. The van der Waals surface area contributed by atoms with Gasteiger partial charge in [0, 0.05) is 5.56 Å². The van der Waals surface area contributed by atoms with Crippen molar-refractivity contribution in [1.82, 2.24) is 0 Å². The first kappa shape index (κ1) is 15.2. The van der Waals surface area contributed by atoms with E-state index >= 15 is 0 Å². The van der Waals surface area contributed by atoms with Crippen LogP contribution in [0.5, 0.6) is 0 Å². The van der Waals surface area contributed by atoms with Crippen LogP contribution in [0.25, 0.3) is 0 Å². The molecule has 0 unspecified atom stereocenters. The van der Waals surface area contributed by atoms with Crippen LogP contribution in [-0.4, -0.2) is 13.9 Å². The maximum Gasteiger partial charge on any atom is 0.172 e. The third-order valence-corrected chi connectivity index (χ3v) is 6.95. The van der Waals surface area contributed by atoms with Gasteiger partial charge in [-0.3, -0.25) is 4.79 Å². The van der Waals surface area contributed by atoms with Crippen LogP contribution < -0.4 is 0 Å².